The first-order valence-electron chi connectivity index (χ1n) is 7.87. The van der Waals surface area contributed by atoms with Gasteiger partial charge < -0.3 is 5.73 Å². The fourth-order valence-electron chi connectivity index (χ4n) is 2.37. The van der Waals surface area contributed by atoms with Crippen molar-refractivity contribution in [3.8, 4) is 0 Å². The van der Waals surface area contributed by atoms with E-state index in [-0.39, 0.29) is 11.6 Å². The molecule has 122 valence electrons. The zero-order chi connectivity index (χ0) is 16.7. The van der Waals surface area contributed by atoms with Gasteiger partial charge in [0.05, 0.1) is 0 Å². The van der Waals surface area contributed by atoms with E-state index in [1.807, 2.05) is 31.2 Å². The van der Waals surface area contributed by atoms with E-state index >= 15 is 0 Å². The van der Waals surface area contributed by atoms with Crippen LogP contribution < -0.4 is 5.73 Å². The Bertz CT molecular complexity index is 679. The molecule has 0 spiro atoms. The molecule has 1 heterocycles. The van der Waals surface area contributed by atoms with Crippen molar-refractivity contribution in [1.82, 2.24) is 4.98 Å². The van der Waals surface area contributed by atoms with Crippen molar-refractivity contribution in [1.29, 1.82) is 0 Å². The Balaban J connectivity index is 1.63. The fourth-order valence-corrected chi connectivity index (χ4v) is 3.10. The number of benzene rings is 1. The monoisotopic (exact) mass is 330 g/mol. The summed E-state index contributed by atoms with van der Waals surface area (Å²) in [6.45, 7) is 1.94. The van der Waals surface area contributed by atoms with Crippen molar-refractivity contribution in [3.63, 3.8) is 0 Å². The molecular weight excluding hydrogens is 308 g/mol. The first-order valence-corrected chi connectivity index (χ1v) is 8.68. The molecule has 0 aliphatic carbocycles. The second-order valence-corrected chi connectivity index (χ2v) is 6.91. The van der Waals surface area contributed by atoms with Gasteiger partial charge in [-0.2, -0.15) is 0 Å². The molecule has 2 aromatic rings. The third-order valence-corrected chi connectivity index (χ3v) is 4.62. The number of rotatable bonds is 9. The van der Waals surface area contributed by atoms with Crippen molar-refractivity contribution < 1.29 is 9.59 Å². The van der Waals surface area contributed by atoms with Crippen LogP contribution in [0.3, 0.4) is 0 Å². The molecule has 0 aliphatic rings. The topological polar surface area (TPSA) is 73.0 Å². The van der Waals surface area contributed by atoms with Gasteiger partial charge in [-0.15, -0.1) is 11.3 Å². The average Bonchev–Trinajstić information content (AvgIpc) is 2.96. The molecule has 2 rings (SSSR count). The second-order valence-electron chi connectivity index (χ2n) is 5.67. The number of nitrogen functional groups attached to an aromatic ring is 1. The largest absolute Gasteiger partial charge is 0.398 e. The Morgan fingerprint density at radius 1 is 1.13 bits per heavy atom. The summed E-state index contributed by atoms with van der Waals surface area (Å²) in [6.07, 6.45) is 5.67. The molecule has 0 saturated heterocycles. The van der Waals surface area contributed by atoms with Crippen LogP contribution in [0.5, 0.6) is 0 Å². The molecule has 5 heteroatoms. The highest BCUT2D eigenvalue weighted by molar-refractivity contribution is 7.13. The molecule has 0 aliphatic heterocycles. The van der Waals surface area contributed by atoms with Gasteiger partial charge in [0.1, 0.15) is 5.78 Å². The van der Waals surface area contributed by atoms with Crippen molar-refractivity contribution in [2.75, 3.05) is 5.73 Å². The van der Waals surface area contributed by atoms with Gasteiger partial charge in [-0.3, -0.25) is 9.59 Å². The summed E-state index contributed by atoms with van der Waals surface area (Å²) in [6, 6.07) is 7.46. The normalized spacial score (nSPS) is 10.7. The molecule has 23 heavy (non-hydrogen) atoms. The van der Waals surface area contributed by atoms with Crippen LogP contribution in [0.2, 0.25) is 0 Å². The Labute approximate surface area is 140 Å². The molecule has 0 bridgehead atoms. The minimum Gasteiger partial charge on any atom is -0.398 e. The first-order chi connectivity index (χ1) is 11.1. The highest BCUT2D eigenvalue weighted by Crippen LogP contribution is 2.16. The molecule has 1 aromatic carbocycles. The van der Waals surface area contributed by atoms with Gasteiger partial charge in [-0.05, 0) is 31.4 Å². The van der Waals surface area contributed by atoms with E-state index in [0.29, 0.717) is 30.0 Å². The Morgan fingerprint density at radius 2 is 1.87 bits per heavy atom. The number of unbranched alkanes of at least 4 members (excludes halogenated alkanes) is 2. The molecule has 0 radical (unpaired) electrons. The van der Waals surface area contributed by atoms with Gasteiger partial charge in [0.15, 0.2) is 10.8 Å². The second kappa shape index (κ2) is 8.58. The molecular formula is C18H22N2O2S. The number of thiazole rings is 1. The number of aromatic nitrogens is 1. The number of nitrogens with zero attached hydrogens (tertiary/aromatic N) is 1. The standard InChI is InChI=1S/C18H22N2O2S/c1-13-12-20-18(23-13)17(22)10-4-2-3-8-15(21)11-14-7-5-6-9-16(14)19/h5-7,9,12H,2-4,8,10-11,19H2,1H3. The third kappa shape index (κ3) is 5.60. The molecule has 0 atom stereocenters. The van der Waals surface area contributed by atoms with Crippen LogP contribution in [0.4, 0.5) is 5.69 Å². The number of para-hydroxylation sites is 1. The number of anilines is 1. The number of carbonyl (C=O) groups is 2. The highest BCUT2D eigenvalue weighted by atomic mass is 32.1. The number of aryl methyl sites for hydroxylation is 1. The quantitative estimate of drug-likeness (QED) is 0.429. The van der Waals surface area contributed by atoms with Crippen LogP contribution in [0.25, 0.3) is 0 Å². The number of carbonyl (C=O) groups excluding carboxylic acids is 2. The average molecular weight is 330 g/mol. The van der Waals surface area contributed by atoms with E-state index in [9.17, 15) is 9.59 Å². The molecule has 2 N–H and O–H groups in total. The minimum absolute atomic E-state index is 0.103. The molecule has 0 fully saturated rings. The molecule has 4 nitrogen and oxygen atoms in total. The molecule has 0 saturated carbocycles. The van der Waals surface area contributed by atoms with E-state index in [1.54, 1.807) is 6.20 Å². The first kappa shape index (κ1) is 17.3. The maximum absolute atomic E-state index is 12.0. The molecule has 0 amide bonds. The maximum atomic E-state index is 12.0. The number of Topliss-reactive ketones (excluding diaryl/α,β-unsaturated/α-hetero) is 2. The molecule has 1 aromatic heterocycles. The summed E-state index contributed by atoms with van der Waals surface area (Å²) in [5.41, 5.74) is 7.41. The smallest absolute Gasteiger partial charge is 0.191 e. The Kier molecular flexibility index (Phi) is 6.47. The van der Waals surface area contributed by atoms with Crippen molar-refractivity contribution in [2.24, 2.45) is 0 Å². The van der Waals surface area contributed by atoms with Gasteiger partial charge in [-0.25, -0.2) is 4.98 Å². The van der Waals surface area contributed by atoms with Gasteiger partial charge in [-0.1, -0.05) is 24.6 Å². The number of ketones is 2. The van der Waals surface area contributed by atoms with Gasteiger partial charge in [0.25, 0.3) is 0 Å². The highest BCUT2D eigenvalue weighted by Gasteiger charge is 2.10. The van der Waals surface area contributed by atoms with Crippen LogP contribution in [0.15, 0.2) is 30.5 Å². The minimum atomic E-state index is 0.103. The van der Waals surface area contributed by atoms with Crippen LogP contribution in [0, 0.1) is 6.92 Å². The SMILES string of the molecule is Cc1cnc(C(=O)CCCCCC(=O)Cc2ccccc2N)s1. The summed E-state index contributed by atoms with van der Waals surface area (Å²) in [4.78, 5) is 29.0. The zero-order valence-electron chi connectivity index (χ0n) is 13.4. The lowest BCUT2D eigenvalue weighted by molar-refractivity contribution is -0.118. The lowest BCUT2D eigenvalue weighted by Crippen LogP contribution is -2.05. The van der Waals surface area contributed by atoms with E-state index in [1.165, 1.54) is 11.3 Å². The van der Waals surface area contributed by atoms with Crippen LogP contribution >= 0.6 is 11.3 Å². The van der Waals surface area contributed by atoms with E-state index in [2.05, 4.69) is 4.98 Å². The summed E-state index contributed by atoms with van der Waals surface area (Å²) >= 11 is 1.44. The maximum Gasteiger partial charge on any atom is 0.191 e. The number of hydrogen-bond donors (Lipinski definition) is 1. The third-order valence-electron chi connectivity index (χ3n) is 3.66. The summed E-state index contributed by atoms with van der Waals surface area (Å²) in [5, 5.41) is 0.595. The van der Waals surface area contributed by atoms with Gasteiger partial charge >= 0.3 is 0 Å². The fraction of sp³-hybridized carbons (Fsp3) is 0.389. The Hall–Kier alpha value is -2.01. The van der Waals surface area contributed by atoms with Crippen LogP contribution in [-0.2, 0) is 11.2 Å². The predicted octanol–water partition coefficient (Wildman–Crippen LogP) is 3.98. The van der Waals surface area contributed by atoms with E-state index in [4.69, 9.17) is 5.73 Å². The van der Waals surface area contributed by atoms with Crippen molar-refractivity contribution in [2.45, 2.75) is 45.4 Å². The van der Waals surface area contributed by atoms with Gasteiger partial charge in [0, 0.05) is 36.0 Å². The van der Waals surface area contributed by atoms with Crippen molar-refractivity contribution >= 4 is 28.6 Å². The predicted molar refractivity (Wildman–Crippen MR) is 93.8 cm³/mol. The zero-order valence-corrected chi connectivity index (χ0v) is 14.2. The lowest BCUT2D eigenvalue weighted by atomic mass is 10.0. The van der Waals surface area contributed by atoms with Crippen LogP contribution in [0.1, 0.15) is 52.3 Å². The van der Waals surface area contributed by atoms with Crippen molar-refractivity contribution in [3.05, 3.63) is 45.9 Å². The lowest BCUT2D eigenvalue weighted by Gasteiger charge is -2.04. The molecule has 0 unspecified atom stereocenters. The summed E-state index contributed by atoms with van der Waals surface area (Å²) in [5.74, 6) is 0.302. The number of hydrogen-bond acceptors (Lipinski definition) is 5. The number of nitrogens with two attached hydrogens (primary N) is 1. The van der Waals surface area contributed by atoms with Crippen LogP contribution in [-0.4, -0.2) is 16.6 Å². The summed E-state index contributed by atoms with van der Waals surface area (Å²) in [7, 11) is 0. The van der Waals surface area contributed by atoms with E-state index in [0.717, 1.165) is 29.7 Å². The summed E-state index contributed by atoms with van der Waals surface area (Å²) < 4.78 is 0. The van der Waals surface area contributed by atoms with E-state index < -0.39 is 0 Å². The Morgan fingerprint density at radius 3 is 2.57 bits per heavy atom. The van der Waals surface area contributed by atoms with Gasteiger partial charge in [0.2, 0.25) is 0 Å².